The average molecular weight is 280 g/mol. The molecule has 1 aromatic rings. The Morgan fingerprint density at radius 1 is 1.59 bits per heavy atom. The molecule has 1 fully saturated rings. The molecule has 0 aromatic heterocycles. The Kier molecular flexibility index (Phi) is 4.31. The third-order valence-electron chi connectivity index (χ3n) is 2.35. The van der Waals surface area contributed by atoms with Gasteiger partial charge in [-0.25, -0.2) is 4.79 Å². The lowest BCUT2D eigenvalue weighted by molar-refractivity contribution is 0.177. The van der Waals surface area contributed by atoms with E-state index in [4.69, 9.17) is 21.1 Å². The van der Waals surface area contributed by atoms with Crippen LogP contribution in [0.4, 0.5) is 4.79 Å². The van der Waals surface area contributed by atoms with E-state index >= 15 is 0 Å². The first-order chi connectivity index (χ1) is 7.61. The largest absolute Gasteiger partial charge is 0.503 e. The fourth-order valence-corrected chi connectivity index (χ4v) is 1.73. The molecular formula is C10H11Cl2NO4. The zero-order valence-corrected chi connectivity index (χ0v) is 10.5. The Hall–Kier alpha value is -1.33. The number of carbonyl (C=O) groups is 1. The summed E-state index contributed by atoms with van der Waals surface area (Å²) in [5.41, 5.74) is 0.727. The van der Waals surface area contributed by atoms with Crippen molar-refractivity contribution < 1.29 is 19.4 Å². The quantitative estimate of drug-likeness (QED) is 0.872. The van der Waals surface area contributed by atoms with Crippen LogP contribution in [0.25, 0.3) is 0 Å². The number of hydrogen-bond donors (Lipinski definition) is 2. The molecule has 1 amide bonds. The van der Waals surface area contributed by atoms with Crippen LogP contribution >= 0.6 is 24.0 Å². The van der Waals surface area contributed by atoms with E-state index in [1.165, 1.54) is 7.11 Å². The fourth-order valence-electron chi connectivity index (χ4n) is 1.51. The van der Waals surface area contributed by atoms with Gasteiger partial charge in [-0.1, -0.05) is 11.6 Å². The van der Waals surface area contributed by atoms with Crippen LogP contribution in [0.5, 0.6) is 11.5 Å². The lowest BCUT2D eigenvalue weighted by Gasteiger charge is -2.11. The first-order valence-corrected chi connectivity index (χ1v) is 4.99. The predicted molar refractivity (Wildman–Crippen MR) is 64.1 cm³/mol. The van der Waals surface area contributed by atoms with E-state index in [0.29, 0.717) is 0 Å². The van der Waals surface area contributed by atoms with Crippen molar-refractivity contribution in [2.75, 3.05) is 13.7 Å². The van der Waals surface area contributed by atoms with E-state index in [0.717, 1.165) is 5.56 Å². The highest BCUT2D eigenvalue weighted by atomic mass is 35.5. The second kappa shape index (κ2) is 5.33. The van der Waals surface area contributed by atoms with E-state index in [1.807, 2.05) is 0 Å². The molecule has 1 heterocycles. The molecular weight excluding hydrogens is 269 g/mol. The molecule has 5 nitrogen and oxygen atoms in total. The standard InChI is InChI=1S/C10H10ClNO4.ClH/c1-15-8-3-5(2-6(11)9(8)13)7-4-16-10(14)12-7;/h2-3,7,13H,4H2,1H3,(H,12,14);1H/t7-;/m0./s1. The first-order valence-electron chi connectivity index (χ1n) is 4.61. The number of carbonyl (C=O) groups excluding carboxylic acids is 1. The number of hydrogen-bond acceptors (Lipinski definition) is 4. The maximum atomic E-state index is 10.9. The molecule has 0 spiro atoms. The number of amides is 1. The minimum Gasteiger partial charge on any atom is -0.503 e. The summed E-state index contributed by atoms with van der Waals surface area (Å²) < 4.78 is 9.73. The summed E-state index contributed by atoms with van der Waals surface area (Å²) in [6.45, 7) is 0.239. The van der Waals surface area contributed by atoms with Gasteiger partial charge < -0.3 is 19.9 Å². The second-order valence-corrected chi connectivity index (χ2v) is 3.76. The van der Waals surface area contributed by atoms with Crippen molar-refractivity contribution in [3.05, 3.63) is 22.7 Å². The Morgan fingerprint density at radius 2 is 2.29 bits per heavy atom. The number of aromatic hydroxyl groups is 1. The van der Waals surface area contributed by atoms with E-state index in [-0.39, 0.29) is 41.6 Å². The van der Waals surface area contributed by atoms with Crippen LogP contribution in [0.1, 0.15) is 11.6 Å². The number of methoxy groups -OCH3 is 1. The summed E-state index contributed by atoms with van der Waals surface area (Å²) in [7, 11) is 1.43. The number of ether oxygens (including phenoxy) is 2. The lowest BCUT2D eigenvalue weighted by atomic mass is 10.1. The molecule has 94 valence electrons. The molecule has 1 atom stereocenters. The van der Waals surface area contributed by atoms with Gasteiger partial charge in [-0.05, 0) is 17.7 Å². The normalized spacial score (nSPS) is 18.0. The zero-order valence-electron chi connectivity index (χ0n) is 8.90. The van der Waals surface area contributed by atoms with Crippen molar-refractivity contribution in [1.29, 1.82) is 0 Å². The number of phenols is 1. The molecule has 0 unspecified atom stereocenters. The Labute approximate surface area is 109 Å². The number of rotatable bonds is 2. The molecule has 0 saturated carbocycles. The molecule has 2 rings (SSSR count). The van der Waals surface area contributed by atoms with E-state index in [9.17, 15) is 9.90 Å². The molecule has 1 aliphatic rings. The SMILES string of the molecule is COc1cc([C@@H]2COC(=O)N2)cc(Cl)c1O.Cl. The van der Waals surface area contributed by atoms with Crippen LogP contribution < -0.4 is 10.1 Å². The van der Waals surface area contributed by atoms with E-state index in [2.05, 4.69) is 5.32 Å². The van der Waals surface area contributed by atoms with Crippen molar-refractivity contribution in [3.63, 3.8) is 0 Å². The molecule has 17 heavy (non-hydrogen) atoms. The molecule has 7 heteroatoms. The highest BCUT2D eigenvalue weighted by Gasteiger charge is 2.25. The molecule has 2 N–H and O–H groups in total. The summed E-state index contributed by atoms with van der Waals surface area (Å²) in [4.78, 5) is 10.9. The van der Waals surface area contributed by atoms with Gasteiger partial charge in [-0.15, -0.1) is 12.4 Å². The monoisotopic (exact) mass is 279 g/mol. The summed E-state index contributed by atoms with van der Waals surface area (Å²) >= 11 is 5.83. The van der Waals surface area contributed by atoms with Gasteiger partial charge in [0.15, 0.2) is 11.5 Å². The number of nitrogens with one attached hydrogen (secondary N) is 1. The van der Waals surface area contributed by atoms with Crippen LogP contribution in [0.3, 0.4) is 0 Å². The maximum absolute atomic E-state index is 10.9. The summed E-state index contributed by atoms with van der Waals surface area (Å²) in [5, 5.41) is 12.3. The van der Waals surface area contributed by atoms with Crippen LogP contribution in [0, 0.1) is 0 Å². The summed E-state index contributed by atoms with van der Waals surface area (Å²) in [5.74, 6) is 0.154. The van der Waals surface area contributed by atoms with Gasteiger partial charge in [-0.3, -0.25) is 0 Å². The lowest BCUT2D eigenvalue weighted by Crippen LogP contribution is -2.18. The van der Waals surface area contributed by atoms with Crippen LogP contribution in [-0.2, 0) is 4.74 Å². The third-order valence-corrected chi connectivity index (χ3v) is 2.63. The Balaban J connectivity index is 0.00000144. The highest BCUT2D eigenvalue weighted by molar-refractivity contribution is 6.32. The van der Waals surface area contributed by atoms with Crippen LogP contribution in [-0.4, -0.2) is 24.9 Å². The minimum atomic E-state index is -0.465. The van der Waals surface area contributed by atoms with Gasteiger partial charge in [0.1, 0.15) is 6.61 Å². The van der Waals surface area contributed by atoms with Gasteiger partial charge in [0, 0.05) is 0 Å². The summed E-state index contributed by atoms with van der Waals surface area (Å²) in [6.07, 6.45) is -0.465. The van der Waals surface area contributed by atoms with Gasteiger partial charge in [0.2, 0.25) is 0 Å². The number of cyclic esters (lactones) is 1. The molecule has 0 aliphatic carbocycles. The van der Waals surface area contributed by atoms with Gasteiger partial charge in [0.05, 0.1) is 18.2 Å². The van der Waals surface area contributed by atoms with Crippen LogP contribution in [0.2, 0.25) is 5.02 Å². The van der Waals surface area contributed by atoms with Crippen LogP contribution in [0.15, 0.2) is 12.1 Å². The molecule has 0 bridgehead atoms. The zero-order chi connectivity index (χ0) is 11.7. The third kappa shape index (κ3) is 2.68. The first kappa shape index (κ1) is 13.7. The number of phenolic OH excluding ortho intramolecular Hbond substituents is 1. The highest BCUT2D eigenvalue weighted by Crippen LogP contribution is 2.37. The fraction of sp³-hybridized carbons (Fsp3) is 0.300. The molecule has 0 radical (unpaired) electrons. The van der Waals surface area contributed by atoms with Crippen molar-refractivity contribution in [1.82, 2.24) is 5.32 Å². The van der Waals surface area contributed by atoms with E-state index in [1.54, 1.807) is 12.1 Å². The van der Waals surface area contributed by atoms with Gasteiger partial charge in [0.25, 0.3) is 0 Å². The van der Waals surface area contributed by atoms with Crippen molar-refractivity contribution in [2.45, 2.75) is 6.04 Å². The van der Waals surface area contributed by atoms with Gasteiger partial charge >= 0.3 is 6.09 Å². The second-order valence-electron chi connectivity index (χ2n) is 3.35. The number of halogens is 2. The summed E-state index contributed by atoms with van der Waals surface area (Å²) in [6, 6.07) is 2.92. The number of alkyl carbamates (subject to hydrolysis) is 1. The average Bonchev–Trinajstić information content (AvgIpc) is 2.69. The van der Waals surface area contributed by atoms with E-state index < -0.39 is 6.09 Å². The molecule has 1 aromatic carbocycles. The van der Waals surface area contributed by atoms with Crippen molar-refractivity contribution in [2.24, 2.45) is 0 Å². The topological polar surface area (TPSA) is 67.8 Å². The molecule has 1 saturated heterocycles. The number of benzene rings is 1. The Morgan fingerprint density at radius 3 is 2.82 bits per heavy atom. The maximum Gasteiger partial charge on any atom is 0.407 e. The minimum absolute atomic E-state index is 0. The molecule has 1 aliphatic heterocycles. The van der Waals surface area contributed by atoms with Crippen molar-refractivity contribution in [3.8, 4) is 11.5 Å². The predicted octanol–water partition coefficient (Wildman–Crippen LogP) is 2.26. The Bertz CT molecular complexity index is 439. The van der Waals surface area contributed by atoms with Crippen molar-refractivity contribution >= 4 is 30.1 Å². The smallest absolute Gasteiger partial charge is 0.407 e. The van der Waals surface area contributed by atoms with Gasteiger partial charge in [-0.2, -0.15) is 0 Å².